The van der Waals surface area contributed by atoms with Gasteiger partial charge in [0.05, 0.1) is 17.8 Å². The van der Waals surface area contributed by atoms with Gasteiger partial charge in [0.2, 0.25) is 0 Å². The molecule has 4 heterocycles. The summed E-state index contributed by atoms with van der Waals surface area (Å²) in [5.41, 5.74) is 1.82. The maximum Gasteiger partial charge on any atom is 0.170 e. The van der Waals surface area contributed by atoms with Gasteiger partial charge in [-0.25, -0.2) is 15.0 Å². The summed E-state index contributed by atoms with van der Waals surface area (Å²) in [7, 11) is 0. The van der Waals surface area contributed by atoms with Gasteiger partial charge in [-0.1, -0.05) is 6.07 Å². The van der Waals surface area contributed by atoms with Crippen molar-refractivity contribution in [2.45, 2.75) is 20.0 Å². The highest BCUT2D eigenvalue weighted by Gasteiger charge is 2.11. The van der Waals surface area contributed by atoms with E-state index in [0.29, 0.717) is 6.54 Å². The van der Waals surface area contributed by atoms with Crippen LogP contribution in [0.1, 0.15) is 12.5 Å². The van der Waals surface area contributed by atoms with Crippen LogP contribution in [0.4, 0.5) is 5.82 Å². The molecule has 24 heavy (non-hydrogen) atoms. The lowest BCUT2D eigenvalue weighted by molar-refractivity contribution is 0.659. The second kappa shape index (κ2) is 6.07. The van der Waals surface area contributed by atoms with Crippen LogP contribution in [0, 0.1) is 0 Å². The normalized spacial score (nSPS) is 11.0. The number of rotatable bonds is 5. The predicted octanol–water partition coefficient (Wildman–Crippen LogP) is 2.04. The van der Waals surface area contributed by atoms with Crippen LogP contribution in [0.15, 0.2) is 49.3 Å². The van der Waals surface area contributed by atoms with Gasteiger partial charge in [-0.05, 0) is 19.1 Å². The topological polar surface area (TPSA) is 86.3 Å². The van der Waals surface area contributed by atoms with Crippen molar-refractivity contribution in [2.24, 2.45) is 0 Å². The van der Waals surface area contributed by atoms with Crippen LogP contribution in [0.3, 0.4) is 0 Å². The quantitative estimate of drug-likeness (QED) is 0.605. The molecule has 0 saturated heterocycles. The summed E-state index contributed by atoms with van der Waals surface area (Å²) in [4.78, 5) is 13.0. The molecule has 0 radical (unpaired) electrons. The second-order valence-corrected chi connectivity index (χ2v) is 5.26. The van der Waals surface area contributed by atoms with E-state index in [4.69, 9.17) is 0 Å². The Bertz CT molecular complexity index is 957. The maximum absolute atomic E-state index is 4.39. The third kappa shape index (κ3) is 2.58. The molecule has 1 N–H and O–H groups in total. The van der Waals surface area contributed by atoms with Crippen molar-refractivity contribution in [3.05, 3.63) is 54.9 Å². The van der Waals surface area contributed by atoms with Gasteiger partial charge >= 0.3 is 0 Å². The van der Waals surface area contributed by atoms with E-state index in [0.717, 1.165) is 34.8 Å². The molecule has 120 valence electrons. The molecule has 0 aliphatic rings. The molecule has 4 aromatic rings. The zero-order valence-corrected chi connectivity index (χ0v) is 13.2. The second-order valence-electron chi connectivity index (χ2n) is 5.26. The lowest BCUT2D eigenvalue weighted by Gasteiger charge is -2.05. The van der Waals surface area contributed by atoms with Crippen molar-refractivity contribution in [2.75, 3.05) is 5.32 Å². The molecule has 0 aromatic carbocycles. The maximum atomic E-state index is 4.39. The van der Waals surface area contributed by atoms with Gasteiger partial charge in [0.25, 0.3) is 0 Å². The molecule has 8 heteroatoms. The van der Waals surface area contributed by atoms with Crippen molar-refractivity contribution in [3.63, 3.8) is 0 Å². The Labute approximate surface area is 138 Å². The summed E-state index contributed by atoms with van der Waals surface area (Å²) in [6.45, 7) is 3.56. The fourth-order valence-corrected chi connectivity index (χ4v) is 2.49. The lowest BCUT2D eigenvalue weighted by Crippen LogP contribution is -2.03. The van der Waals surface area contributed by atoms with Crippen molar-refractivity contribution in [3.8, 4) is 5.82 Å². The third-order valence-corrected chi connectivity index (χ3v) is 3.70. The number of fused-ring (bicyclic) bond motifs is 1. The summed E-state index contributed by atoms with van der Waals surface area (Å²) < 4.78 is 3.60. The number of hydrogen-bond acceptors (Lipinski definition) is 6. The summed E-state index contributed by atoms with van der Waals surface area (Å²) in [5.74, 6) is 1.47. The Balaban J connectivity index is 1.63. The molecule has 0 atom stereocenters. The number of anilines is 1. The predicted molar refractivity (Wildman–Crippen MR) is 89.7 cm³/mol. The van der Waals surface area contributed by atoms with Crippen LogP contribution in [0.5, 0.6) is 0 Å². The summed E-state index contributed by atoms with van der Waals surface area (Å²) in [5, 5.41) is 12.8. The van der Waals surface area contributed by atoms with Gasteiger partial charge in [-0.3, -0.25) is 4.68 Å². The van der Waals surface area contributed by atoms with Crippen LogP contribution in [-0.2, 0) is 13.1 Å². The Hall–Kier alpha value is -3.29. The van der Waals surface area contributed by atoms with Gasteiger partial charge in [0, 0.05) is 31.0 Å². The minimum absolute atomic E-state index is 0.640. The molecule has 0 aliphatic heterocycles. The molecule has 8 nitrogen and oxygen atoms in total. The van der Waals surface area contributed by atoms with Gasteiger partial charge in [0.15, 0.2) is 11.5 Å². The van der Waals surface area contributed by atoms with Gasteiger partial charge in [0.1, 0.15) is 12.1 Å². The van der Waals surface area contributed by atoms with Crippen molar-refractivity contribution < 1.29 is 0 Å². The Morgan fingerprint density at radius 2 is 2.04 bits per heavy atom. The highest BCUT2D eigenvalue weighted by atomic mass is 15.3. The smallest absolute Gasteiger partial charge is 0.170 e. The zero-order chi connectivity index (χ0) is 16.4. The molecule has 0 aliphatic carbocycles. The molecule has 0 amide bonds. The number of aromatic nitrogens is 7. The van der Waals surface area contributed by atoms with E-state index < -0.39 is 0 Å². The van der Waals surface area contributed by atoms with Crippen LogP contribution in [-0.4, -0.2) is 34.5 Å². The fraction of sp³-hybridized carbons (Fsp3) is 0.188. The molecule has 4 rings (SSSR count). The van der Waals surface area contributed by atoms with Crippen LogP contribution in [0.2, 0.25) is 0 Å². The summed E-state index contributed by atoms with van der Waals surface area (Å²) in [6, 6.07) is 5.68. The average Bonchev–Trinajstić information content (AvgIpc) is 3.27. The first-order chi connectivity index (χ1) is 11.8. The van der Waals surface area contributed by atoms with E-state index >= 15 is 0 Å². The Morgan fingerprint density at radius 3 is 2.83 bits per heavy atom. The van der Waals surface area contributed by atoms with Crippen LogP contribution >= 0.6 is 0 Å². The highest BCUT2D eigenvalue weighted by Crippen LogP contribution is 2.21. The zero-order valence-electron chi connectivity index (χ0n) is 13.2. The SMILES string of the molecule is CCn1cc(CNc2ncnc3c2cnn3-c2ccccn2)cn1. The number of nitrogens with zero attached hydrogens (tertiary/aromatic N) is 7. The number of nitrogens with one attached hydrogen (secondary N) is 1. The van der Waals surface area contributed by atoms with Gasteiger partial charge in [-0.2, -0.15) is 14.9 Å². The minimum atomic E-state index is 0.640. The molecule has 4 aromatic heterocycles. The molecular weight excluding hydrogens is 304 g/mol. The Morgan fingerprint density at radius 1 is 1.08 bits per heavy atom. The lowest BCUT2D eigenvalue weighted by atomic mass is 10.3. The third-order valence-electron chi connectivity index (χ3n) is 3.70. The minimum Gasteiger partial charge on any atom is -0.365 e. The molecule has 0 saturated carbocycles. The van der Waals surface area contributed by atoms with Crippen LogP contribution < -0.4 is 5.32 Å². The van der Waals surface area contributed by atoms with E-state index in [1.54, 1.807) is 17.1 Å². The first-order valence-corrected chi connectivity index (χ1v) is 7.70. The van der Waals surface area contributed by atoms with E-state index in [2.05, 4.69) is 37.4 Å². The van der Waals surface area contributed by atoms with E-state index in [-0.39, 0.29) is 0 Å². The van der Waals surface area contributed by atoms with Crippen molar-refractivity contribution in [1.29, 1.82) is 0 Å². The molecule has 0 fully saturated rings. The average molecular weight is 320 g/mol. The van der Waals surface area contributed by atoms with Crippen LogP contribution in [0.25, 0.3) is 16.9 Å². The highest BCUT2D eigenvalue weighted by molar-refractivity contribution is 5.86. The molecule has 0 unspecified atom stereocenters. The van der Waals surface area contributed by atoms with E-state index in [1.165, 1.54) is 6.33 Å². The number of hydrogen-bond donors (Lipinski definition) is 1. The van der Waals surface area contributed by atoms with Gasteiger partial charge < -0.3 is 5.32 Å². The number of pyridine rings is 1. The largest absolute Gasteiger partial charge is 0.365 e. The molecule has 0 bridgehead atoms. The number of aryl methyl sites for hydroxylation is 1. The monoisotopic (exact) mass is 320 g/mol. The van der Waals surface area contributed by atoms with Crippen molar-refractivity contribution in [1.82, 2.24) is 34.5 Å². The summed E-state index contributed by atoms with van der Waals surface area (Å²) in [6.07, 6.45) is 8.88. The van der Waals surface area contributed by atoms with E-state index in [1.807, 2.05) is 35.3 Å². The standard InChI is InChI=1S/C16H16N8/c1-2-23-10-12(8-21-23)7-18-15-13-9-22-24(16(13)20-11-19-15)14-5-3-4-6-17-14/h3-6,8-11H,2,7H2,1H3,(H,18,19,20). The van der Waals surface area contributed by atoms with Gasteiger partial charge in [-0.15, -0.1) is 0 Å². The summed E-state index contributed by atoms with van der Waals surface area (Å²) >= 11 is 0. The first kappa shape index (κ1) is 14.3. The van der Waals surface area contributed by atoms with E-state index in [9.17, 15) is 0 Å². The fourth-order valence-electron chi connectivity index (χ4n) is 2.49. The molecular formula is C16H16N8. The Kier molecular flexibility index (Phi) is 3.62. The molecule has 0 spiro atoms. The van der Waals surface area contributed by atoms with Crippen molar-refractivity contribution >= 4 is 16.9 Å². The first-order valence-electron chi connectivity index (χ1n) is 7.70.